The van der Waals surface area contributed by atoms with Crippen LogP contribution in [0, 0.1) is 5.92 Å². The molecule has 2 amide bonds. The fraction of sp³-hybridized carbons (Fsp3) is 0.391. The van der Waals surface area contributed by atoms with Crippen molar-refractivity contribution in [2.45, 2.75) is 31.7 Å². The van der Waals surface area contributed by atoms with Gasteiger partial charge in [0.05, 0.1) is 11.0 Å². The number of hydrogen-bond donors (Lipinski definition) is 1. The number of benzene rings is 2. The van der Waals surface area contributed by atoms with Crippen LogP contribution in [0.5, 0.6) is 0 Å². The summed E-state index contributed by atoms with van der Waals surface area (Å²) in [5.41, 5.74) is 2.25. The zero-order chi connectivity index (χ0) is 21.7. The van der Waals surface area contributed by atoms with E-state index < -0.39 is 11.9 Å². The van der Waals surface area contributed by atoms with Crippen molar-refractivity contribution in [2.75, 3.05) is 18.0 Å². The zero-order valence-electron chi connectivity index (χ0n) is 17.3. The van der Waals surface area contributed by atoms with Crippen LogP contribution < -0.4 is 15.9 Å². The first-order valence-electron chi connectivity index (χ1n) is 10.7. The lowest BCUT2D eigenvalue weighted by atomic mass is 9.97. The van der Waals surface area contributed by atoms with Crippen LogP contribution in [0.15, 0.2) is 35.1 Å². The monoisotopic (exact) mass is 420 g/mol. The van der Waals surface area contributed by atoms with Crippen molar-refractivity contribution in [3.8, 4) is 0 Å². The van der Waals surface area contributed by atoms with Crippen molar-refractivity contribution in [2.24, 2.45) is 13.0 Å². The summed E-state index contributed by atoms with van der Waals surface area (Å²) in [5.74, 6) is -0.604. The Morgan fingerprint density at radius 1 is 1.03 bits per heavy atom. The first kappa shape index (κ1) is 19.5. The summed E-state index contributed by atoms with van der Waals surface area (Å²) in [7, 11) is 1.72. The number of imide groups is 1. The molecule has 0 spiro atoms. The quantitative estimate of drug-likeness (QED) is 0.516. The standard InChI is InChI=1S/C23H24N4O4/c1-25-21-17-12-16(26-10-8-14(13-28)9-11-26)4-2-15(17)3-5-18(21)27(23(25)31)19-6-7-20(29)24-22(19)30/h2-5,12-14,19H,6-11H2,1H3,(H,24,29,30). The lowest BCUT2D eigenvalue weighted by molar-refractivity contribution is -0.135. The number of piperidine rings is 2. The van der Waals surface area contributed by atoms with Crippen LogP contribution in [0.4, 0.5) is 5.69 Å². The molecule has 0 bridgehead atoms. The highest BCUT2D eigenvalue weighted by atomic mass is 16.2. The molecule has 5 rings (SSSR count). The molecule has 1 atom stereocenters. The Balaban J connectivity index is 1.63. The number of fused-ring (bicyclic) bond motifs is 3. The van der Waals surface area contributed by atoms with Crippen LogP contribution in [-0.2, 0) is 21.4 Å². The second-order valence-electron chi connectivity index (χ2n) is 8.48. The van der Waals surface area contributed by atoms with Gasteiger partial charge in [0.2, 0.25) is 11.8 Å². The van der Waals surface area contributed by atoms with Gasteiger partial charge in [0.1, 0.15) is 12.3 Å². The number of aryl methyl sites for hydroxylation is 1. The maximum absolute atomic E-state index is 13.1. The molecule has 31 heavy (non-hydrogen) atoms. The Morgan fingerprint density at radius 3 is 2.48 bits per heavy atom. The van der Waals surface area contributed by atoms with Crippen molar-refractivity contribution < 1.29 is 14.4 Å². The number of hydrogen-bond acceptors (Lipinski definition) is 5. The van der Waals surface area contributed by atoms with E-state index in [4.69, 9.17) is 0 Å². The SMILES string of the molecule is Cn1c(=O)n(C2CCC(=O)NC2=O)c2ccc3ccc(N4CCC(C=O)CC4)cc3c21. The van der Waals surface area contributed by atoms with Crippen LogP contribution in [0.3, 0.4) is 0 Å². The summed E-state index contributed by atoms with van der Waals surface area (Å²) in [6.07, 6.45) is 3.27. The smallest absolute Gasteiger partial charge is 0.329 e. The van der Waals surface area contributed by atoms with E-state index in [0.717, 1.165) is 54.2 Å². The van der Waals surface area contributed by atoms with E-state index in [-0.39, 0.29) is 23.9 Å². The molecule has 1 aromatic heterocycles. The first-order chi connectivity index (χ1) is 15.0. The van der Waals surface area contributed by atoms with E-state index in [9.17, 15) is 19.2 Å². The minimum atomic E-state index is -0.697. The van der Waals surface area contributed by atoms with E-state index in [0.29, 0.717) is 11.9 Å². The van der Waals surface area contributed by atoms with Gasteiger partial charge in [0, 0.05) is 43.5 Å². The maximum atomic E-state index is 13.1. The highest BCUT2D eigenvalue weighted by Gasteiger charge is 2.31. The molecule has 2 aliphatic heterocycles. The third kappa shape index (κ3) is 3.13. The van der Waals surface area contributed by atoms with Crippen LogP contribution >= 0.6 is 0 Å². The molecule has 0 radical (unpaired) electrons. The van der Waals surface area contributed by atoms with Gasteiger partial charge in [-0.05, 0) is 42.8 Å². The maximum Gasteiger partial charge on any atom is 0.329 e. The van der Waals surface area contributed by atoms with E-state index in [1.807, 2.05) is 18.2 Å². The number of nitrogens with zero attached hydrogens (tertiary/aromatic N) is 3. The van der Waals surface area contributed by atoms with Crippen LogP contribution in [0.1, 0.15) is 31.7 Å². The Kier molecular flexibility index (Phi) is 4.64. The lowest BCUT2D eigenvalue weighted by Gasteiger charge is -2.31. The third-order valence-corrected chi connectivity index (χ3v) is 6.66. The van der Waals surface area contributed by atoms with Gasteiger partial charge >= 0.3 is 5.69 Å². The molecule has 1 unspecified atom stereocenters. The van der Waals surface area contributed by atoms with Crippen molar-refractivity contribution in [1.29, 1.82) is 0 Å². The molecule has 0 aliphatic carbocycles. The summed E-state index contributed by atoms with van der Waals surface area (Å²) in [5, 5.41) is 4.30. The van der Waals surface area contributed by atoms with Crippen molar-refractivity contribution in [3.63, 3.8) is 0 Å². The van der Waals surface area contributed by atoms with Gasteiger partial charge in [-0.2, -0.15) is 0 Å². The van der Waals surface area contributed by atoms with Crippen LogP contribution in [0.25, 0.3) is 21.8 Å². The Labute approximate surface area is 178 Å². The predicted octanol–water partition coefficient (Wildman–Crippen LogP) is 1.89. The average Bonchev–Trinajstić information content (AvgIpc) is 3.04. The minimum absolute atomic E-state index is 0.131. The fourth-order valence-corrected chi connectivity index (χ4v) is 4.91. The Hall–Kier alpha value is -3.42. The number of aromatic nitrogens is 2. The summed E-state index contributed by atoms with van der Waals surface area (Å²) in [4.78, 5) is 50.5. The van der Waals surface area contributed by atoms with Crippen molar-refractivity contribution in [1.82, 2.24) is 14.5 Å². The zero-order valence-corrected chi connectivity index (χ0v) is 17.3. The molecule has 0 saturated carbocycles. The molecule has 2 fully saturated rings. The molecular formula is C23H24N4O4. The summed E-state index contributed by atoms with van der Waals surface area (Å²) >= 11 is 0. The highest BCUT2D eigenvalue weighted by Crippen LogP contribution is 2.32. The summed E-state index contributed by atoms with van der Waals surface area (Å²) < 4.78 is 3.10. The molecule has 3 heterocycles. The molecule has 3 aromatic rings. The van der Waals surface area contributed by atoms with Crippen LogP contribution in [0.2, 0.25) is 0 Å². The Morgan fingerprint density at radius 2 is 1.77 bits per heavy atom. The normalized spacial score (nSPS) is 20.4. The second kappa shape index (κ2) is 7.37. The van der Waals surface area contributed by atoms with Gasteiger partial charge in [-0.3, -0.25) is 24.0 Å². The van der Waals surface area contributed by atoms with Gasteiger partial charge < -0.3 is 9.69 Å². The topological polar surface area (TPSA) is 93.4 Å². The average molecular weight is 420 g/mol. The largest absolute Gasteiger partial charge is 0.371 e. The number of anilines is 1. The molecular weight excluding hydrogens is 396 g/mol. The van der Waals surface area contributed by atoms with Crippen LogP contribution in [-0.4, -0.2) is 40.3 Å². The number of carbonyl (C=O) groups is 3. The van der Waals surface area contributed by atoms with Crippen molar-refractivity contribution in [3.05, 3.63) is 40.8 Å². The van der Waals surface area contributed by atoms with Crippen molar-refractivity contribution >= 4 is 45.6 Å². The number of nitrogens with one attached hydrogen (secondary N) is 1. The molecule has 8 heteroatoms. The number of rotatable bonds is 3. The Bertz CT molecular complexity index is 1280. The van der Waals surface area contributed by atoms with E-state index in [1.54, 1.807) is 11.6 Å². The molecule has 2 aromatic carbocycles. The van der Waals surface area contributed by atoms with Gasteiger partial charge in [0.25, 0.3) is 0 Å². The summed E-state index contributed by atoms with van der Waals surface area (Å²) in [6, 6.07) is 9.35. The molecule has 2 aliphatic rings. The molecule has 2 saturated heterocycles. The number of aldehydes is 1. The van der Waals surface area contributed by atoms with E-state index in [2.05, 4.69) is 22.3 Å². The third-order valence-electron chi connectivity index (χ3n) is 6.66. The van der Waals surface area contributed by atoms with E-state index in [1.165, 1.54) is 4.57 Å². The fourth-order valence-electron chi connectivity index (χ4n) is 4.91. The molecule has 160 valence electrons. The lowest BCUT2D eigenvalue weighted by Crippen LogP contribution is -2.44. The minimum Gasteiger partial charge on any atom is -0.371 e. The number of carbonyl (C=O) groups excluding carboxylic acids is 3. The van der Waals surface area contributed by atoms with Gasteiger partial charge in [-0.1, -0.05) is 12.1 Å². The molecule has 8 nitrogen and oxygen atoms in total. The molecule has 1 N–H and O–H groups in total. The number of imidazole rings is 1. The van der Waals surface area contributed by atoms with Gasteiger partial charge in [-0.25, -0.2) is 4.79 Å². The summed E-state index contributed by atoms with van der Waals surface area (Å²) in [6.45, 7) is 1.64. The van der Waals surface area contributed by atoms with Gasteiger partial charge in [-0.15, -0.1) is 0 Å². The predicted molar refractivity (Wildman–Crippen MR) is 117 cm³/mol. The first-order valence-corrected chi connectivity index (χ1v) is 10.7. The second-order valence-corrected chi connectivity index (χ2v) is 8.48. The van der Waals surface area contributed by atoms with Gasteiger partial charge in [0.15, 0.2) is 0 Å². The highest BCUT2D eigenvalue weighted by molar-refractivity contribution is 6.07. The number of amides is 2. The van der Waals surface area contributed by atoms with E-state index >= 15 is 0 Å².